The van der Waals surface area contributed by atoms with Crippen molar-refractivity contribution < 1.29 is 27.5 Å². The summed E-state index contributed by atoms with van der Waals surface area (Å²) in [4.78, 5) is 28.6. The number of nitrogens with zero attached hydrogens (tertiary/aromatic N) is 2. The smallest absolute Gasteiger partial charge is 0.244 e. The van der Waals surface area contributed by atoms with E-state index in [2.05, 4.69) is 5.32 Å². The van der Waals surface area contributed by atoms with Crippen molar-refractivity contribution in [1.29, 1.82) is 0 Å². The Kier molecular flexibility index (Phi) is 10.3. The van der Waals surface area contributed by atoms with Crippen molar-refractivity contribution in [2.45, 2.75) is 57.7 Å². The highest BCUT2D eigenvalue weighted by atomic mass is 35.5. The van der Waals surface area contributed by atoms with Gasteiger partial charge in [0.15, 0.2) is 0 Å². The molecular formula is C27H36ClN3O6S. The van der Waals surface area contributed by atoms with Crippen molar-refractivity contribution in [2.24, 2.45) is 0 Å². The van der Waals surface area contributed by atoms with Crippen LogP contribution < -0.4 is 19.1 Å². The van der Waals surface area contributed by atoms with Gasteiger partial charge < -0.3 is 19.7 Å². The first-order valence-electron chi connectivity index (χ1n) is 12.6. The Morgan fingerprint density at radius 1 is 1.08 bits per heavy atom. The second-order valence-corrected chi connectivity index (χ2v) is 11.7. The Morgan fingerprint density at radius 2 is 1.74 bits per heavy atom. The van der Waals surface area contributed by atoms with Crippen LogP contribution in [-0.2, 0) is 26.2 Å². The second kappa shape index (κ2) is 13.2. The summed E-state index contributed by atoms with van der Waals surface area (Å²) >= 11 is 6.25. The van der Waals surface area contributed by atoms with Crippen molar-refractivity contribution in [3.05, 3.63) is 53.1 Å². The molecule has 1 aliphatic carbocycles. The van der Waals surface area contributed by atoms with Gasteiger partial charge in [-0.15, -0.1) is 0 Å². The van der Waals surface area contributed by atoms with E-state index in [0.29, 0.717) is 17.9 Å². The molecule has 38 heavy (non-hydrogen) atoms. The third-order valence-electron chi connectivity index (χ3n) is 6.70. The zero-order chi connectivity index (χ0) is 27.9. The highest BCUT2D eigenvalue weighted by Crippen LogP contribution is 2.30. The lowest BCUT2D eigenvalue weighted by molar-refractivity contribution is -0.140. The van der Waals surface area contributed by atoms with Crippen molar-refractivity contribution in [3.8, 4) is 11.5 Å². The van der Waals surface area contributed by atoms with E-state index in [4.69, 9.17) is 21.1 Å². The van der Waals surface area contributed by atoms with Gasteiger partial charge in [0, 0.05) is 12.6 Å². The summed E-state index contributed by atoms with van der Waals surface area (Å²) in [6, 6.07) is 11.0. The maximum atomic E-state index is 13.8. The molecule has 1 fully saturated rings. The van der Waals surface area contributed by atoms with Crippen molar-refractivity contribution in [2.75, 3.05) is 31.3 Å². The SMILES string of the molecule is CCC(C(=O)NC1CCCC1)N(Cc1ccc(OC)cc1)C(=O)CN(c1ccc(OC)c(Cl)c1)S(C)(=O)=O. The van der Waals surface area contributed by atoms with Crippen molar-refractivity contribution in [3.63, 3.8) is 0 Å². The van der Waals surface area contributed by atoms with E-state index in [1.165, 1.54) is 24.1 Å². The molecule has 0 heterocycles. The minimum absolute atomic E-state index is 0.0865. The number of anilines is 1. The molecule has 0 bridgehead atoms. The molecule has 1 unspecified atom stereocenters. The predicted molar refractivity (Wildman–Crippen MR) is 148 cm³/mol. The molecule has 2 aromatic rings. The highest BCUT2D eigenvalue weighted by molar-refractivity contribution is 7.92. The van der Waals surface area contributed by atoms with Gasteiger partial charge in [-0.05, 0) is 55.2 Å². The Hall–Kier alpha value is -2.98. The first-order valence-corrected chi connectivity index (χ1v) is 14.8. The van der Waals surface area contributed by atoms with Crippen LogP contribution in [0.25, 0.3) is 0 Å². The van der Waals surface area contributed by atoms with E-state index in [-0.39, 0.29) is 29.2 Å². The van der Waals surface area contributed by atoms with Crippen LogP contribution in [0.15, 0.2) is 42.5 Å². The summed E-state index contributed by atoms with van der Waals surface area (Å²) < 4.78 is 36.9. The van der Waals surface area contributed by atoms with Gasteiger partial charge in [0.2, 0.25) is 21.8 Å². The van der Waals surface area contributed by atoms with E-state index in [9.17, 15) is 18.0 Å². The van der Waals surface area contributed by atoms with Gasteiger partial charge in [-0.1, -0.05) is 43.5 Å². The van der Waals surface area contributed by atoms with Crippen LogP contribution in [-0.4, -0.2) is 64.2 Å². The maximum Gasteiger partial charge on any atom is 0.244 e. The van der Waals surface area contributed by atoms with Crippen LogP contribution in [0.4, 0.5) is 5.69 Å². The fourth-order valence-electron chi connectivity index (χ4n) is 4.64. The second-order valence-electron chi connectivity index (χ2n) is 9.37. The van der Waals surface area contributed by atoms with Gasteiger partial charge in [-0.3, -0.25) is 13.9 Å². The number of sulfonamides is 1. The molecule has 1 N–H and O–H groups in total. The van der Waals surface area contributed by atoms with Crippen LogP contribution >= 0.6 is 11.6 Å². The van der Waals surface area contributed by atoms with Crippen LogP contribution in [0, 0.1) is 0 Å². The molecule has 2 aromatic carbocycles. The summed E-state index contributed by atoms with van der Waals surface area (Å²) in [5.74, 6) is 0.300. The summed E-state index contributed by atoms with van der Waals surface area (Å²) in [7, 11) is -0.845. The van der Waals surface area contributed by atoms with Gasteiger partial charge in [-0.2, -0.15) is 0 Å². The predicted octanol–water partition coefficient (Wildman–Crippen LogP) is 3.99. The van der Waals surface area contributed by atoms with E-state index < -0.39 is 28.5 Å². The fourth-order valence-corrected chi connectivity index (χ4v) is 5.73. The minimum atomic E-state index is -3.87. The topological polar surface area (TPSA) is 105 Å². The monoisotopic (exact) mass is 565 g/mol. The quantitative estimate of drug-likeness (QED) is 0.417. The van der Waals surface area contributed by atoms with Crippen molar-refractivity contribution >= 4 is 39.1 Å². The minimum Gasteiger partial charge on any atom is -0.497 e. The van der Waals surface area contributed by atoms with Gasteiger partial charge in [0.25, 0.3) is 0 Å². The largest absolute Gasteiger partial charge is 0.497 e. The van der Waals surface area contributed by atoms with Crippen LogP contribution in [0.3, 0.4) is 0 Å². The lowest BCUT2D eigenvalue weighted by Crippen LogP contribution is -2.53. The molecule has 208 valence electrons. The number of ether oxygens (including phenoxy) is 2. The third kappa shape index (κ3) is 7.54. The summed E-state index contributed by atoms with van der Waals surface area (Å²) in [6.07, 6.45) is 5.33. The Labute approximate surface area is 230 Å². The van der Waals surface area contributed by atoms with Gasteiger partial charge in [0.05, 0.1) is 31.2 Å². The number of carbonyl (C=O) groups is 2. The Bertz CT molecular complexity index is 1220. The molecular weight excluding hydrogens is 530 g/mol. The highest BCUT2D eigenvalue weighted by Gasteiger charge is 2.33. The lowest BCUT2D eigenvalue weighted by atomic mass is 10.1. The average molecular weight is 566 g/mol. The van der Waals surface area contributed by atoms with Gasteiger partial charge in [0.1, 0.15) is 24.1 Å². The molecule has 9 nitrogen and oxygen atoms in total. The zero-order valence-electron chi connectivity index (χ0n) is 22.3. The molecule has 3 rings (SSSR count). The number of rotatable bonds is 12. The Balaban J connectivity index is 1.93. The molecule has 11 heteroatoms. The van der Waals surface area contributed by atoms with E-state index in [1.54, 1.807) is 25.3 Å². The fraction of sp³-hybridized carbons (Fsp3) is 0.481. The van der Waals surface area contributed by atoms with Crippen molar-refractivity contribution in [1.82, 2.24) is 10.2 Å². The number of halogens is 1. The molecule has 0 radical (unpaired) electrons. The Morgan fingerprint density at radius 3 is 2.26 bits per heavy atom. The zero-order valence-corrected chi connectivity index (χ0v) is 23.8. The molecule has 0 aromatic heterocycles. The average Bonchev–Trinajstić information content (AvgIpc) is 3.39. The number of methoxy groups -OCH3 is 2. The van der Waals surface area contributed by atoms with Gasteiger partial charge in [-0.25, -0.2) is 8.42 Å². The van der Waals surface area contributed by atoms with Crippen LogP contribution in [0.5, 0.6) is 11.5 Å². The van der Waals surface area contributed by atoms with Crippen LogP contribution in [0.1, 0.15) is 44.6 Å². The van der Waals surface area contributed by atoms with Gasteiger partial charge >= 0.3 is 0 Å². The molecule has 1 aliphatic rings. The maximum absolute atomic E-state index is 13.8. The summed E-state index contributed by atoms with van der Waals surface area (Å²) in [5.41, 5.74) is 1.00. The first kappa shape index (κ1) is 29.6. The number of amides is 2. The molecule has 2 amide bonds. The normalized spacial score (nSPS) is 14.6. The van der Waals surface area contributed by atoms with E-state index >= 15 is 0 Å². The van der Waals surface area contributed by atoms with E-state index in [1.807, 2.05) is 19.1 Å². The molecule has 1 atom stereocenters. The number of benzene rings is 2. The van der Waals surface area contributed by atoms with Crippen LogP contribution in [0.2, 0.25) is 5.02 Å². The molecule has 0 spiro atoms. The summed E-state index contributed by atoms with van der Waals surface area (Å²) in [5, 5.41) is 3.30. The number of carbonyl (C=O) groups excluding carboxylic acids is 2. The molecule has 1 saturated carbocycles. The summed E-state index contributed by atoms with van der Waals surface area (Å²) in [6.45, 7) is 1.47. The lowest BCUT2D eigenvalue weighted by Gasteiger charge is -2.33. The number of hydrogen-bond acceptors (Lipinski definition) is 6. The third-order valence-corrected chi connectivity index (χ3v) is 8.14. The number of hydrogen-bond donors (Lipinski definition) is 1. The number of nitrogens with one attached hydrogen (secondary N) is 1. The standard InChI is InChI=1S/C27H36ClN3O6S/c1-5-24(27(33)29-20-8-6-7-9-20)30(17-19-10-13-22(36-2)14-11-19)26(32)18-31(38(4,34)35)21-12-15-25(37-3)23(28)16-21/h10-16,20,24H,5-9,17-18H2,1-4H3,(H,29,33). The first-order chi connectivity index (χ1) is 18.1. The molecule has 0 saturated heterocycles. The molecule has 0 aliphatic heterocycles. The van der Waals surface area contributed by atoms with E-state index in [0.717, 1.165) is 41.8 Å².